The molecule has 13 N–H and O–H groups in total. The Bertz CT molecular complexity index is 1690. The lowest BCUT2D eigenvalue weighted by molar-refractivity contribution is -0.330. The molecule has 4 aliphatic rings. The average molecular weight is 1050 g/mol. The first-order chi connectivity index (χ1) is 34.9. The van der Waals surface area contributed by atoms with Crippen molar-refractivity contribution in [1.82, 2.24) is 21.3 Å². The van der Waals surface area contributed by atoms with Crippen LogP contribution >= 0.6 is 0 Å². The Morgan fingerprint density at radius 1 is 0.479 bits per heavy atom. The van der Waals surface area contributed by atoms with Gasteiger partial charge in [0.05, 0.1) is 50.8 Å². The molecule has 422 valence electrons. The zero-order chi connectivity index (χ0) is 53.8. The highest BCUT2D eigenvalue weighted by Gasteiger charge is 2.56. The molecular formula is C49H86N4O20. The van der Waals surface area contributed by atoms with Crippen LogP contribution in [0.1, 0.15) is 118 Å². The highest BCUT2D eigenvalue weighted by molar-refractivity contribution is 5.76. The van der Waals surface area contributed by atoms with E-state index in [1.807, 2.05) is 0 Å². The molecule has 20 atom stereocenters. The fraction of sp³-hybridized carbons (Fsp3) is 0.878. The van der Waals surface area contributed by atoms with E-state index < -0.39 is 172 Å². The molecule has 0 spiro atoms. The van der Waals surface area contributed by atoms with Crippen LogP contribution in [0.15, 0.2) is 12.2 Å². The molecule has 73 heavy (non-hydrogen) atoms. The summed E-state index contributed by atoms with van der Waals surface area (Å²) >= 11 is 0. The van der Waals surface area contributed by atoms with Gasteiger partial charge in [0.15, 0.2) is 18.9 Å². The van der Waals surface area contributed by atoms with Crippen molar-refractivity contribution in [2.75, 3.05) is 33.5 Å². The minimum Gasteiger partial charge on any atom is -0.394 e. The summed E-state index contributed by atoms with van der Waals surface area (Å²) < 4.78 is 41.7. The lowest BCUT2D eigenvalue weighted by atomic mass is 9.79. The summed E-state index contributed by atoms with van der Waals surface area (Å²) in [6, 6.07) is -5.48. The maximum atomic E-state index is 13.3. The fourth-order valence-electron chi connectivity index (χ4n) is 10.1. The van der Waals surface area contributed by atoms with Crippen molar-refractivity contribution >= 4 is 23.6 Å². The molecular weight excluding hydrogens is 965 g/mol. The molecule has 4 fully saturated rings. The number of unbranched alkanes of at least 4 members (excludes halogenated alkanes) is 10. The van der Waals surface area contributed by atoms with Crippen LogP contribution in [0.25, 0.3) is 0 Å². The summed E-state index contributed by atoms with van der Waals surface area (Å²) in [5.41, 5.74) is 0. The molecule has 0 aromatic heterocycles. The summed E-state index contributed by atoms with van der Waals surface area (Å²) in [6.45, 7) is 2.61. The molecule has 4 heterocycles. The molecule has 0 saturated carbocycles. The Balaban J connectivity index is 1.46. The van der Waals surface area contributed by atoms with Gasteiger partial charge < -0.3 is 100 Å². The van der Waals surface area contributed by atoms with E-state index >= 15 is 0 Å². The lowest BCUT2D eigenvalue weighted by Crippen LogP contribution is -2.70. The number of nitrogens with one attached hydrogen (secondary N) is 4. The number of aliphatic hydroxyl groups is 9. The van der Waals surface area contributed by atoms with Crippen LogP contribution in [-0.2, 0) is 52.3 Å². The summed E-state index contributed by atoms with van der Waals surface area (Å²) in [6.07, 6.45) is -5.87. The predicted molar refractivity (Wildman–Crippen MR) is 257 cm³/mol. The number of hydrogen-bond donors (Lipinski definition) is 13. The molecule has 24 heteroatoms. The standard InChI is InChI=1S/C49H86N4O20/c1-6-7-8-9-10-11-12-13-14-15-16-17-18-19-20-35(61)53-38-42(64)41(63)32(23-55)70-49(38)72-45-33(24-56)68-30(36(43(45)65)50-26(2)58)21-29-31(22-54)69-48(37(40(29)62)51-27(3)59)73-46-34(25-57)71-47(67-5)39(44(46)66)52-28(4)60/h10-11,29-34,36-49,54-57,62-66H,6-9,12-25H2,1-5H3,(H,50,58)(H,51,59)(H,52,60)(H,53,61)/b11-10+/t29?,30-,31?,32?,33?,34?,36?,37?,38?,39-,40+,41?,42-,43+,44?,45+,46+,47+,48+,49+/m1/s1. The Morgan fingerprint density at radius 2 is 0.918 bits per heavy atom. The highest BCUT2D eigenvalue weighted by atomic mass is 16.7. The zero-order valence-electron chi connectivity index (χ0n) is 42.9. The van der Waals surface area contributed by atoms with Gasteiger partial charge in [0.25, 0.3) is 0 Å². The molecule has 0 aliphatic carbocycles. The third kappa shape index (κ3) is 18.0. The van der Waals surface area contributed by atoms with Gasteiger partial charge in [0.1, 0.15) is 73.1 Å². The van der Waals surface area contributed by atoms with Crippen LogP contribution in [0.5, 0.6) is 0 Å². The Kier molecular flexibility index (Phi) is 27.3. The normalized spacial score (nSPS) is 36.9. The molecule has 24 nitrogen and oxygen atoms in total. The maximum Gasteiger partial charge on any atom is 0.220 e. The number of hydrogen-bond acceptors (Lipinski definition) is 20. The lowest BCUT2D eigenvalue weighted by Gasteiger charge is -2.51. The van der Waals surface area contributed by atoms with Gasteiger partial charge in [0, 0.05) is 40.2 Å². The minimum atomic E-state index is -1.75. The quantitative estimate of drug-likeness (QED) is 0.0279. The first kappa shape index (κ1) is 62.5. The van der Waals surface area contributed by atoms with Gasteiger partial charge >= 0.3 is 0 Å². The predicted octanol–water partition coefficient (Wildman–Crippen LogP) is -2.23. The van der Waals surface area contributed by atoms with Crippen molar-refractivity contribution < 1.29 is 98.3 Å². The number of aliphatic hydroxyl groups excluding tert-OH is 9. The molecule has 10 unspecified atom stereocenters. The smallest absolute Gasteiger partial charge is 0.220 e. The molecule has 4 saturated heterocycles. The van der Waals surface area contributed by atoms with Gasteiger partial charge in [-0.05, 0) is 38.5 Å². The third-order valence-electron chi connectivity index (χ3n) is 14.0. The van der Waals surface area contributed by atoms with Gasteiger partial charge in [0.2, 0.25) is 23.6 Å². The van der Waals surface area contributed by atoms with Crippen LogP contribution in [0.4, 0.5) is 0 Å². The van der Waals surface area contributed by atoms with E-state index in [1.165, 1.54) is 33.3 Å². The monoisotopic (exact) mass is 1050 g/mol. The van der Waals surface area contributed by atoms with Crippen molar-refractivity contribution in [1.29, 1.82) is 0 Å². The number of allylic oxidation sites excluding steroid dienone is 2. The number of rotatable bonds is 29. The fourth-order valence-corrected chi connectivity index (χ4v) is 10.1. The number of carbonyl (C=O) groups is 4. The van der Waals surface area contributed by atoms with E-state index in [2.05, 4.69) is 40.3 Å². The van der Waals surface area contributed by atoms with E-state index in [4.69, 9.17) is 33.2 Å². The second-order valence-electron chi connectivity index (χ2n) is 19.6. The van der Waals surface area contributed by atoms with Crippen molar-refractivity contribution in [3.05, 3.63) is 12.2 Å². The minimum absolute atomic E-state index is 0.0776. The third-order valence-corrected chi connectivity index (χ3v) is 14.0. The van der Waals surface area contributed by atoms with Crippen LogP contribution in [0.2, 0.25) is 0 Å². The SMILES string of the molecule is CCCCC/C=C/CCCCCCCCCC(=O)NC1[C@H](O[C@H]2C(CO)O[C@H](CC3C(CO)O[C@@H](O[C@H]4C(CO)O[C@H](OC)[C@H](NC(C)=O)C4O)C(NC(C)=O)[C@H]3O)C(NC(C)=O)[C@@H]2O)OC(CO)C(O)[C@@H]1O. The Morgan fingerprint density at radius 3 is 1.44 bits per heavy atom. The van der Waals surface area contributed by atoms with Crippen LogP contribution in [0, 0.1) is 5.92 Å². The maximum absolute atomic E-state index is 13.3. The molecule has 4 rings (SSSR count). The Hall–Kier alpha value is -3.02. The second kappa shape index (κ2) is 31.9. The van der Waals surface area contributed by atoms with Crippen LogP contribution < -0.4 is 21.3 Å². The van der Waals surface area contributed by atoms with Gasteiger partial charge in [-0.2, -0.15) is 0 Å². The Labute approximate surface area is 427 Å². The van der Waals surface area contributed by atoms with E-state index in [0.717, 1.165) is 65.2 Å². The van der Waals surface area contributed by atoms with Gasteiger partial charge in [-0.1, -0.05) is 64.0 Å². The summed E-state index contributed by atoms with van der Waals surface area (Å²) in [5.74, 6) is -3.53. The first-order valence-corrected chi connectivity index (χ1v) is 26.0. The number of carbonyl (C=O) groups excluding carboxylic acids is 4. The topological polar surface area (TPSA) is 363 Å². The summed E-state index contributed by atoms with van der Waals surface area (Å²) in [5, 5.41) is 110. The zero-order valence-corrected chi connectivity index (χ0v) is 42.9. The number of methoxy groups -OCH3 is 1. The van der Waals surface area contributed by atoms with E-state index in [1.54, 1.807) is 0 Å². The van der Waals surface area contributed by atoms with Crippen molar-refractivity contribution in [2.24, 2.45) is 5.92 Å². The molecule has 0 bridgehead atoms. The van der Waals surface area contributed by atoms with E-state index in [-0.39, 0.29) is 12.8 Å². The molecule has 0 aromatic rings. The number of amides is 4. The number of ether oxygens (including phenoxy) is 7. The highest BCUT2D eigenvalue weighted by Crippen LogP contribution is 2.38. The molecule has 4 amide bonds. The van der Waals surface area contributed by atoms with E-state index in [9.17, 15) is 65.1 Å². The first-order valence-electron chi connectivity index (χ1n) is 26.0. The van der Waals surface area contributed by atoms with E-state index in [0.29, 0.717) is 6.42 Å². The average Bonchev–Trinajstić information content (AvgIpc) is 3.35. The van der Waals surface area contributed by atoms with Gasteiger partial charge in [-0.15, -0.1) is 0 Å². The molecule has 0 aromatic carbocycles. The largest absolute Gasteiger partial charge is 0.394 e. The van der Waals surface area contributed by atoms with Crippen LogP contribution in [0.3, 0.4) is 0 Å². The van der Waals surface area contributed by atoms with Crippen molar-refractivity contribution in [2.45, 2.75) is 234 Å². The van der Waals surface area contributed by atoms with Crippen molar-refractivity contribution in [3.63, 3.8) is 0 Å². The summed E-state index contributed by atoms with van der Waals surface area (Å²) in [7, 11) is 1.26. The summed E-state index contributed by atoms with van der Waals surface area (Å²) in [4.78, 5) is 50.7. The van der Waals surface area contributed by atoms with Gasteiger partial charge in [-0.3, -0.25) is 19.2 Å². The van der Waals surface area contributed by atoms with Gasteiger partial charge in [-0.25, -0.2) is 0 Å². The van der Waals surface area contributed by atoms with Crippen LogP contribution in [-0.4, -0.2) is 219 Å². The van der Waals surface area contributed by atoms with Crippen molar-refractivity contribution in [3.8, 4) is 0 Å². The molecule has 0 radical (unpaired) electrons. The second-order valence-corrected chi connectivity index (χ2v) is 19.6. The molecule has 4 aliphatic heterocycles.